The van der Waals surface area contributed by atoms with Crippen molar-refractivity contribution >= 4 is 17.6 Å². The monoisotopic (exact) mass is 565 g/mol. The van der Waals surface area contributed by atoms with Gasteiger partial charge >= 0.3 is 6.03 Å². The first kappa shape index (κ1) is 29.8. The van der Waals surface area contributed by atoms with Gasteiger partial charge in [0.15, 0.2) is 0 Å². The van der Waals surface area contributed by atoms with Crippen LogP contribution in [-0.4, -0.2) is 45.8 Å². The van der Waals surface area contributed by atoms with E-state index < -0.39 is 17.3 Å². The molecular weight excluding hydrogens is 529 g/mol. The highest BCUT2D eigenvalue weighted by Crippen LogP contribution is 2.34. The number of likely N-dealkylation sites (tertiary alicyclic amines) is 1. The number of piperidine rings is 1. The average molecular weight is 566 g/mol. The Labute approximate surface area is 238 Å². The van der Waals surface area contributed by atoms with Gasteiger partial charge in [-0.3, -0.25) is 10.0 Å². The standard InChI is InChI=1S/C31H36FN3O6/c1-3-21(4-2)20-31(38)13-15-35(16-14-31)30(37)33-24-17-27(40-25-9-5-22(6-10-25)29(36)34-39)19-28(18-24)41-26-11-7-23(32)8-12-26/h5-12,17-19,21,38-39H,3-4,13-16,20H2,1-2H3,(H,33,37)(H,34,36). The van der Waals surface area contributed by atoms with Crippen molar-refractivity contribution in [2.45, 2.75) is 51.6 Å². The normalized spacial score (nSPS) is 14.4. The highest BCUT2D eigenvalue weighted by Gasteiger charge is 2.35. The maximum absolute atomic E-state index is 13.4. The van der Waals surface area contributed by atoms with E-state index in [1.165, 1.54) is 36.4 Å². The lowest BCUT2D eigenvalue weighted by atomic mass is 9.81. The number of amides is 3. The number of anilines is 1. The molecule has 10 heteroatoms. The van der Waals surface area contributed by atoms with Crippen molar-refractivity contribution in [1.82, 2.24) is 10.4 Å². The Kier molecular flexibility index (Phi) is 9.80. The predicted octanol–water partition coefficient (Wildman–Crippen LogP) is 6.71. The van der Waals surface area contributed by atoms with E-state index in [9.17, 15) is 19.1 Å². The van der Waals surface area contributed by atoms with E-state index in [-0.39, 0.29) is 11.6 Å². The second-order valence-electron chi connectivity index (χ2n) is 10.3. The van der Waals surface area contributed by atoms with E-state index in [1.807, 2.05) is 0 Å². The van der Waals surface area contributed by atoms with Crippen molar-refractivity contribution < 1.29 is 33.8 Å². The number of ether oxygens (including phenoxy) is 2. The van der Waals surface area contributed by atoms with Crippen molar-refractivity contribution in [1.29, 1.82) is 0 Å². The van der Waals surface area contributed by atoms with Gasteiger partial charge in [-0.2, -0.15) is 0 Å². The van der Waals surface area contributed by atoms with Crippen LogP contribution in [0, 0.1) is 11.7 Å². The number of hydroxylamine groups is 1. The Morgan fingerprint density at radius 1 is 0.902 bits per heavy atom. The van der Waals surface area contributed by atoms with Crippen LogP contribution in [0.15, 0.2) is 66.7 Å². The Morgan fingerprint density at radius 2 is 1.44 bits per heavy atom. The van der Waals surface area contributed by atoms with Gasteiger partial charge in [-0.15, -0.1) is 0 Å². The molecule has 0 spiro atoms. The molecule has 3 amide bonds. The van der Waals surface area contributed by atoms with Crippen LogP contribution in [0.5, 0.6) is 23.0 Å². The molecule has 0 aromatic heterocycles. The zero-order valence-corrected chi connectivity index (χ0v) is 23.2. The number of carbonyl (C=O) groups excluding carboxylic acids is 2. The maximum Gasteiger partial charge on any atom is 0.321 e. The van der Waals surface area contributed by atoms with Crippen molar-refractivity contribution in [2.75, 3.05) is 18.4 Å². The molecular formula is C31H36FN3O6. The molecule has 1 saturated heterocycles. The van der Waals surface area contributed by atoms with Crippen molar-refractivity contribution in [3.63, 3.8) is 0 Å². The quantitative estimate of drug-likeness (QED) is 0.160. The summed E-state index contributed by atoms with van der Waals surface area (Å²) in [4.78, 5) is 26.5. The van der Waals surface area contributed by atoms with Crippen molar-refractivity contribution in [2.24, 2.45) is 5.92 Å². The molecule has 0 saturated carbocycles. The van der Waals surface area contributed by atoms with Crippen molar-refractivity contribution in [3.8, 4) is 23.0 Å². The average Bonchev–Trinajstić information content (AvgIpc) is 2.97. The third-order valence-corrected chi connectivity index (χ3v) is 7.44. The van der Waals surface area contributed by atoms with Crippen LogP contribution < -0.4 is 20.3 Å². The minimum absolute atomic E-state index is 0.245. The van der Waals surface area contributed by atoms with Gasteiger partial charge in [0.2, 0.25) is 0 Å². The molecule has 4 N–H and O–H groups in total. The minimum Gasteiger partial charge on any atom is -0.457 e. The molecule has 0 bridgehead atoms. The summed E-state index contributed by atoms with van der Waals surface area (Å²) in [6, 6.07) is 16.2. The molecule has 4 rings (SSSR count). The molecule has 0 aliphatic carbocycles. The number of urea groups is 1. The lowest BCUT2D eigenvalue weighted by Gasteiger charge is -2.39. The largest absolute Gasteiger partial charge is 0.457 e. The topological polar surface area (TPSA) is 120 Å². The number of benzene rings is 3. The first-order valence-electron chi connectivity index (χ1n) is 13.8. The van der Waals surface area contributed by atoms with E-state index in [0.717, 1.165) is 19.3 Å². The molecule has 1 aliphatic rings. The van der Waals surface area contributed by atoms with E-state index in [0.29, 0.717) is 60.5 Å². The van der Waals surface area contributed by atoms with Gasteiger partial charge in [-0.1, -0.05) is 26.7 Å². The summed E-state index contributed by atoms with van der Waals surface area (Å²) in [5.74, 6) is 0.912. The molecule has 1 fully saturated rings. The number of hydrogen-bond acceptors (Lipinski definition) is 6. The van der Waals surface area contributed by atoms with Crippen LogP contribution in [0.4, 0.5) is 14.9 Å². The summed E-state index contributed by atoms with van der Waals surface area (Å²) in [6.45, 7) is 5.14. The summed E-state index contributed by atoms with van der Waals surface area (Å²) >= 11 is 0. The molecule has 1 heterocycles. The zero-order valence-electron chi connectivity index (χ0n) is 23.2. The number of rotatable bonds is 10. The van der Waals surface area contributed by atoms with Gasteiger partial charge in [0.1, 0.15) is 28.8 Å². The van der Waals surface area contributed by atoms with E-state index >= 15 is 0 Å². The van der Waals surface area contributed by atoms with Crippen molar-refractivity contribution in [3.05, 3.63) is 78.1 Å². The van der Waals surface area contributed by atoms with Gasteiger partial charge in [0, 0.05) is 42.5 Å². The van der Waals surface area contributed by atoms with E-state index in [2.05, 4.69) is 19.2 Å². The smallest absolute Gasteiger partial charge is 0.321 e. The first-order chi connectivity index (χ1) is 19.7. The van der Waals surface area contributed by atoms with Crippen LogP contribution >= 0.6 is 0 Å². The number of aliphatic hydroxyl groups is 1. The Morgan fingerprint density at radius 3 is 1.95 bits per heavy atom. The van der Waals surface area contributed by atoms with Crippen LogP contribution in [0.3, 0.4) is 0 Å². The summed E-state index contributed by atoms with van der Waals surface area (Å²) in [5.41, 5.74) is 1.48. The fourth-order valence-corrected chi connectivity index (χ4v) is 4.92. The maximum atomic E-state index is 13.4. The van der Waals surface area contributed by atoms with Crippen LogP contribution in [0.1, 0.15) is 56.3 Å². The highest BCUT2D eigenvalue weighted by atomic mass is 19.1. The summed E-state index contributed by atoms with van der Waals surface area (Å²) in [5, 5.41) is 22.8. The highest BCUT2D eigenvalue weighted by molar-refractivity contribution is 5.93. The number of halogens is 1. The molecule has 3 aromatic carbocycles. The predicted molar refractivity (Wildman–Crippen MR) is 152 cm³/mol. The summed E-state index contributed by atoms with van der Waals surface area (Å²) < 4.78 is 25.3. The lowest BCUT2D eigenvalue weighted by Crippen LogP contribution is -2.48. The summed E-state index contributed by atoms with van der Waals surface area (Å²) in [6.07, 6.45) is 3.81. The lowest BCUT2D eigenvalue weighted by molar-refractivity contribution is -0.0309. The molecule has 41 heavy (non-hydrogen) atoms. The number of hydrogen-bond donors (Lipinski definition) is 4. The first-order valence-corrected chi connectivity index (χ1v) is 13.8. The molecule has 0 atom stereocenters. The number of nitrogens with zero attached hydrogens (tertiary/aromatic N) is 1. The number of nitrogens with one attached hydrogen (secondary N) is 2. The molecule has 9 nitrogen and oxygen atoms in total. The second kappa shape index (κ2) is 13.5. The van der Waals surface area contributed by atoms with Crippen LogP contribution in [0.25, 0.3) is 0 Å². The second-order valence-corrected chi connectivity index (χ2v) is 10.3. The molecule has 3 aromatic rings. The van der Waals surface area contributed by atoms with E-state index in [1.54, 1.807) is 40.7 Å². The molecule has 0 unspecified atom stereocenters. The third kappa shape index (κ3) is 8.18. The van der Waals surface area contributed by atoms with Gasteiger partial charge in [-0.25, -0.2) is 14.7 Å². The van der Waals surface area contributed by atoms with Gasteiger partial charge < -0.3 is 24.8 Å². The van der Waals surface area contributed by atoms with Crippen LogP contribution in [-0.2, 0) is 0 Å². The Balaban J connectivity index is 1.49. The fourth-order valence-electron chi connectivity index (χ4n) is 4.92. The van der Waals surface area contributed by atoms with Gasteiger partial charge in [0.25, 0.3) is 5.91 Å². The Bertz CT molecular complexity index is 1320. The summed E-state index contributed by atoms with van der Waals surface area (Å²) in [7, 11) is 0. The number of carbonyl (C=O) groups is 2. The van der Waals surface area contributed by atoms with E-state index in [4.69, 9.17) is 14.7 Å². The SMILES string of the molecule is CCC(CC)CC1(O)CCN(C(=O)Nc2cc(Oc3ccc(F)cc3)cc(Oc3ccc(C(=O)NO)cc3)c2)CC1. The molecule has 0 radical (unpaired) electrons. The van der Waals surface area contributed by atoms with Gasteiger partial charge in [0.05, 0.1) is 5.60 Å². The third-order valence-electron chi connectivity index (χ3n) is 7.44. The molecule has 218 valence electrons. The van der Waals surface area contributed by atoms with Crippen LogP contribution in [0.2, 0.25) is 0 Å². The fraction of sp³-hybridized carbons (Fsp3) is 0.355. The van der Waals surface area contributed by atoms with Gasteiger partial charge in [-0.05, 0) is 73.7 Å². The Hall–Kier alpha value is -4.15. The zero-order chi connectivity index (χ0) is 29.4. The molecule has 1 aliphatic heterocycles. The minimum atomic E-state index is -0.759.